The van der Waals surface area contributed by atoms with Crippen LogP contribution in [-0.4, -0.2) is 24.2 Å². The summed E-state index contributed by atoms with van der Waals surface area (Å²) in [5, 5.41) is 9.08. The molecule has 0 aliphatic carbocycles. The van der Waals surface area contributed by atoms with Gasteiger partial charge in [-0.15, -0.1) is 0 Å². The lowest BCUT2D eigenvalue weighted by Crippen LogP contribution is -2.24. The standard InChI is InChI=1S/C11H14BrNO2/c1-3-13(4-2)10-8(11(14)15)6-5-7-9(10)12/h5-7H,3-4H2,1-2H3,(H,14,15). The number of anilines is 1. The van der Waals surface area contributed by atoms with Gasteiger partial charge in [-0.1, -0.05) is 6.07 Å². The molecular formula is C11H14BrNO2. The van der Waals surface area contributed by atoms with Gasteiger partial charge in [0.25, 0.3) is 0 Å². The second-order valence-electron chi connectivity index (χ2n) is 3.11. The number of hydrogen-bond acceptors (Lipinski definition) is 2. The molecule has 0 saturated heterocycles. The molecule has 1 aromatic carbocycles. The van der Waals surface area contributed by atoms with E-state index in [1.165, 1.54) is 0 Å². The lowest BCUT2D eigenvalue weighted by atomic mass is 10.1. The van der Waals surface area contributed by atoms with Crippen LogP contribution in [0.25, 0.3) is 0 Å². The van der Waals surface area contributed by atoms with Gasteiger partial charge in [0.15, 0.2) is 0 Å². The van der Waals surface area contributed by atoms with Gasteiger partial charge in [0.2, 0.25) is 0 Å². The van der Waals surface area contributed by atoms with Gasteiger partial charge in [-0.05, 0) is 41.9 Å². The van der Waals surface area contributed by atoms with Gasteiger partial charge in [0.05, 0.1) is 11.3 Å². The molecule has 0 bridgehead atoms. The van der Waals surface area contributed by atoms with E-state index in [1.54, 1.807) is 12.1 Å². The van der Waals surface area contributed by atoms with Crippen LogP contribution in [0.5, 0.6) is 0 Å². The first-order valence-electron chi connectivity index (χ1n) is 4.88. The van der Waals surface area contributed by atoms with E-state index in [0.29, 0.717) is 5.56 Å². The van der Waals surface area contributed by atoms with Crippen molar-refractivity contribution in [1.29, 1.82) is 0 Å². The molecular weight excluding hydrogens is 258 g/mol. The third-order valence-corrected chi connectivity index (χ3v) is 2.94. The molecule has 3 nitrogen and oxygen atoms in total. The van der Waals surface area contributed by atoms with Crippen molar-refractivity contribution in [3.63, 3.8) is 0 Å². The van der Waals surface area contributed by atoms with Crippen molar-refractivity contribution in [2.45, 2.75) is 13.8 Å². The van der Waals surface area contributed by atoms with Crippen LogP contribution >= 0.6 is 15.9 Å². The van der Waals surface area contributed by atoms with Crippen molar-refractivity contribution in [2.75, 3.05) is 18.0 Å². The number of carbonyl (C=O) groups is 1. The normalized spacial score (nSPS) is 10.1. The van der Waals surface area contributed by atoms with Crippen LogP contribution in [0.2, 0.25) is 0 Å². The van der Waals surface area contributed by atoms with Crippen molar-refractivity contribution in [1.82, 2.24) is 0 Å². The van der Waals surface area contributed by atoms with E-state index in [1.807, 2.05) is 24.8 Å². The zero-order chi connectivity index (χ0) is 11.4. The molecule has 0 aliphatic rings. The van der Waals surface area contributed by atoms with Gasteiger partial charge in [-0.25, -0.2) is 4.79 Å². The average Bonchev–Trinajstić information content (AvgIpc) is 2.21. The van der Waals surface area contributed by atoms with Crippen LogP contribution in [0, 0.1) is 0 Å². The highest BCUT2D eigenvalue weighted by Crippen LogP contribution is 2.30. The molecule has 0 saturated carbocycles. The van der Waals surface area contributed by atoms with Gasteiger partial charge in [-0.3, -0.25) is 0 Å². The second kappa shape index (κ2) is 5.16. The summed E-state index contributed by atoms with van der Waals surface area (Å²) in [4.78, 5) is 13.1. The minimum absolute atomic E-state index is 0.341. The third-order valence-electron chi connectivity index (χ3n) is 2.30. The molecule has 1 N–H and O–H groups in total. The fraction of sp³-hybridized carbons (Fsp3) is 0.364. The van der Waals surface area contributed by atoms with Crippen LogP contribution in [0.15, 0.2) is 22.7 Å². The third kappa shape index (κ3) is 2.50. The summed E-state index contributed by atoms with van der Waals surface area (Å²) >= 11 is 3.39. The quantitative estimate of drug-likeness (QED) is 0.916. The summed E-state index contributed by atoms with van der Waals surface area (Å²) < 4.78 is 0.825. The van der Waals surface area contributed by atoms with E-state index in [4.69, 9.17) is 5.11 Å². The predicted molar refractivity (Wildman–Crippen MR) is 64.7 cm³/mol. The maximum atomic E-state index is 11.1. The van der Waals surface area contributed by atoms with E-state index >= 15 is 0 Å². The molecule has 0 heterocycles. The smallest absolute Gasteiger partial charge is 0.337 e. The SMILES string of the molecule is CCN(CC)c1c(Br)cccc1C(=O)O. The average molecular weight is 272 g/mol. The second-order valence-corrected chi connectivity index (χ2v) is 3.97. The molecule has 1 aromatic rings. The highest BCUT2D eigenvalue weighted by atomic mass is 79.9. The Morgan fingerprint density at radius 3 is 2.47 bits per heavy atom. The molecule has 1 rings (SSSR count). The summed E-state index contributed by atoms with van der Waals surface area (Å²) in [7, 11) is 0. The zero-order valence-corrected chi connectivity index (χ0v) is 10.4. The lowest BCUT2D eigenvalue weighted by molar-refractivity contribution is 0.0697. The number of nitrogens with zero attached hydrogens (tertiary/aromatic N) is 1. The molecule has 15 heavy (non-hydrogen) atoms. The molecule has 4 heteroatoms. The molecule has 0 aromatic heterocycles. The van der Waals surface area contributed by atoms with E-state index in [2.05, 4.69) is 15.9 Å². The van der Waals surface area contributed by atoms with Gasteiger partial charge in [0, 0.05) is 17.6 Å². The molecule has 0 aliphatic heterocycles. The van der Waals surface area contributed by atoms with Crippen molar-refractivity contribution in [3.05, 3.63) is 28.2 Å². The molecule has 0 radical (unpaired) electrons. The van der Waals surface area contributed by atoms with Gasteiger partial charge < -0.3 is 10.0 Å². The Hall–Kier alpha value is -1.03. The Balaban J connectivity index is 3.29. The minimum Gasteiger partial charge on any atom is -0.478 e. The van der Waals surface area contributed by atoms with Crippen molar-refractivity contribution in [3.8, 4) is 0 Å². The maximum Gasteiger partial charge on any atom is 0.337 e. The van der Waals surface area contributed by atoms with E-state index < -0.39 is 5.97 Å². The fourth-order valence-corrected chi connectivity index (χ4v) is 2.17. The summed E-state index contributed by atoms with van der Waals surface area (Å²) in [6.45, 7) is 5.60. The highest BCUT2D eigenvalue weighted by molar-refractivity contribution is 9.10. The van der Waals surface area contributed by atoms with Crippen LogP contribution < -0.4 is 4.90 Å². The first-order chi connectivity index (χ1) is 7.11. The number of para-hydroxylation sites is 1. The number of carboxylic acid groups (broad SMARTS) is 1. The first kappa shape index (κ1) is 12.0. The first-order valence-corrected chi connectivity index (χ1v) is 5.67. The Morgan fingerprint density at radius 2 is 2.00 bits per heavy atom. The van der Waals surface area contributed by atoms with Crippen molar-refractivity contribution in [2.24, 2.45) is 0 Å². The van der Waals surface area contributed by atoms with Crippen LogP contribution in [0.1, 0.15) is 24.2 Å². The number of carboxylic acids is 1. The molecule has 0 unspecified atom stereocenters. The molecule has 0 fully saturated rings. The maximum absolute atomic E-state index is 11.1. The van der Waals surface area contributed by atoms with Crippen LogP contribution in [0.3, 0.4) is 0 Å². The number of benzene rings is 1. The zero-order valence-electron chi connectivity index (χ0n) is 8.83. The minimum atomic E-state index is -0.891. The fourth-order valence-electron chi connectivity index (χ4n) is 1.55. The predicted octanol–water partition coefficient (Wildman–Crippen LogP) is 2.99. The highest BCUT2D eigenvalue weighted by Gasteiger charge is 2.16. The summed E-state index contributed by atoms with van der Waals surface area (Å²) in [6.07, 6.45) is 0. The topological polar surface area (TPSA) is 40.5 Å². The van der Waals surface area contributed by atoms with E-state index in [-0.39, 0.29) is 0 Å². The van der Waals surface area contributed by atoms with Gasteiger partial charge >= 0.3 is 5.97 Å². The molecule has 82 valence electrons. The molecule has 0 atom stereocenters. The summed E-state index contributed by atoms with van der Waals surface area (Å²) in [6, 6.07) is 5.22. The summed E-state index contributed by atoms with van der Waals surface area (Å²) in [5.41, 5.74) is 1.10. The number of rotatable bonds is 4. The number of hydrogen-bond donors (Lipinski definition) is 1. The number of halogens is 1. The molecule has 0 spiro atoms. The van der Waals surface area contributed by atoms with Crippen LogP contribution in [-0.2, 0) is 0 Å². The molecule has 0 amide bonds. The Labute approximate surface area is 97.8 Å². The van der Waals surface area contributed by atoms with E-state index in [9.17, 15) is 4.79 Å². The van der Waals surface area contributed by atoms with E-state index in [0.717, 1.165) is 23.2 Å². The lowest BCUT2D eigenvalue weighted by Gasteiger charge is -2.24. The van der Waals surface area contributed by atoms with Gasteiger partial charge in [-0.2, -0.15) is 0 Å². The monoisotopic (exact) mass is 271 g/mol. The van der Waals surface area contributed by atoms with Crippen molar-refractivity contribution >= 4 is 27.6 Å². The largest absolute Gasteiger partial charge is 0.478 e. The van der Waals surface area contributed by atoms with Gasteiger partial charge in [0.1, 0.15) is 0 Å². The Kier molecular flexibility index (Phi) is 4.15. The Morgan fingerprint density at radius 1 is 1.40 bits per heavy atom. The Bertz CT molecular complexity index is 362. The van der Waals surface area contributed by atoms with Crippen molar-refractivity contribution < 1.29 is 9.90 Å². The van der Waals surface area contributed by atoms with Crippen LogP contribution in [0.4, 0.5) is 5.69 Å². The summed E-state index contributed by atoms with van der Waals surface area (Å²) in [5.74, 6) is -0.891. The number of aromatic carboxylic acids is 1.